The summed E-state index contributed by atoms with van der Waals surface area (Å²) < 4.78 is 11.9. The number of piperidine rings is 1. The third kappa shape index (κ3) is 3.08. The molecule has 4 heteroatoms. The third-order valence-electron chi connectivity index (χ3n) is 4.65. The standard InChI is InChI=1S/C16H25NO2S/c1-2-18-13-16-6-3-8-19-15(16)4-7-17(12-16)10-14-5-9-20-11-14/h5,9,11,15H,2-4,6-8,10,12-13H2,1H3/t15-,16-/m0/s1. The van der Waals surface area contributed by atoms with Gasteiger partial charge in [0.2, 0.25) is 0 Å². The highest BCUT2D eigenvalue weighted by atomic mass is 32.1. The van der Waals surface area contributed by atoms with Crippen LogP contribution in [0.2, 0.25) is 0 Å². The lowest BCUT2D eigenvalue weighted by Crippen LogP contribution is -2.56. The van der Waals surface area contributed by atoms with Gasteiger partial charge in [-0.15, -0.1) is 0 Å². The van der Waals surface area contributed by atoms with E-state index in [1.807, 2.05) is 0 Å². The Labute approximate surface area is 125 Å². The van der Waals surface area contributed by atoms with Gasteiger partial charge in [0.25, 0.3) is 0 Å². The Hall–Kier alpha value is -0.420. The van der Waals surface area contributed by atoms with Crippen LogP contribution < -0.4 is 0 Å². The predicted molar refractivity (Wildman–Crippen MR) is 82.1 cm³/mol. The molecule has 2 saturated heterocycles. The van der Waals surface area contributed by atoms with E-state index < -0.39 is 0 Å². The minimum absolute atomic E-state index is 0.225. The highest BCUT2D eigenvalue weighted by Crippen LogP contribution is 2.40. The zero-order valence-electron chi connectivity index (χ0n) is 12.3. The van der Waals surface area contributed by atoms with Gasteiger partial charge in [0.15, 0.2) is 0 Å². The summed E-state index contributed by atoms with van der Waals surface area (Å²) in [7, 11) is 0. The minimum atomic E-state index is 0.225. The topological polar surface area (TPSA) is 21.7 Å². The van der Waals surface area contributed by atoms with Crippen LogP contribution >= 0.6 is 11.3 Å². The van der Waals surface area contributed by atoms with Gasteiger partial charge in [0, 0.05) is 38.3 Å². The molecule has 0 radical (unpaired) electrons. The molecule has 1 aromatic heterocycles. The molecule has 3 rings (SSSR count). The van der Waals surface area contributed by atoms with Crippen LogP contribution in [0.15, 0.2) is 16.8 Å². The Morgan fingerprint density at radius 3 is 3.30 bits per heavy atom. The maximum atomic E-state index is 6.06. The van der Waals surface area contributed by atoms with E-state index in [0.717, 1.165) is 45.9 Å². The van der Waals surface area contributed by atoms with Crippen molar-refractivity contribution in [2.75, 3.05) is 32.9 Å². The number of nitrogens with zero attached hydrogens (tertiary/aromatic N) is 1. The van der Waals surface area contributed by atoms with Crippen LogP contribution in [0, 0.1) is 5.41 Å². The second kappa shape index (κ2) is 6.56. The Morgan fingerprint density at radius 2 is 2.50 bits per heavy atom. The molecular formula is C16H25NO2S. The number of rotatable bonds is 5. The Morgan fingerprint density at radius 1 is 1.55 bits per heavy atom. The van der Waals surface area contributed by atoms with E-state index in [4.69, 9.17) is 9.47 Å². The van der Waals surface area contributed by atoms with E-state index in [-0.39, 0.29) is 5.41 Å². The summed E-state index contributed by atoms with van der Waals surface area (Å²) in [6.45, 7) is 8.02. The fourth-order valence-electron chi connectivity index (χ4n) is 3.67. The molecule has 2 aliphatic rings. The zero-order chi connectivity index (χ0) is 13.8. The van der Waals surface area contributed by atoms with Crippen LogP contribution in [0.25, 0.3) is 0 Å². The summed E-state index contributed by atoms with van der Waals surface area (Å²) >= 11 is 1.79. The SMILES string of the molecule is CCOC[C@@]12CCCO[C@H]1CCN(Cc1ccsc1)C2. The van der Waals surface area contributed by atoms with Crippen molar-refractivity contribution < 1.29 is 9.47 Å². The highest BCUT2D eigenvalue weighted by Gasteiger charge is 2.45. The quantitative estimate of drug-likeness (QED) is 0.833. The van der Waals surface area contributed by atoms with E-state index in [2.05, 4.69) is 28.7 Å². The average molecular weight is 295 g/mol. The van der Waals surface area contributed by atoms with Gasteiger partial charge in [-0.3, -0.25) is 4.90 Å². The maximum absolute atomic E-state index is 6.06. The van der Waals surface area contributed by atoms with Crippen molar-refractivity contribution in [1.29, 1.82) is 0 Å². The maximum Gasteiger partial charge on any atom is 0.0677 e. The lowest BCUT2D eigenvalue weighted by atomic mass is 9.73. The number of ether oxygens (including phenoxy) is 2. The van der Waals surface area contributed by atoms with E-state index in [9.17, 15) is 0 Å². The van der Waals surface area contributed by atoms with E-state index in [1.54, 1.807) is 11.3 Å². The van der Waals surface area contributed by atoms with Crippen molar-refractivity contribution >= 4 is 11.3 Å². The van der Waals surface area contributed by atoms with Gasteiger partial charge in [0.1, 0.15) is 0 Å². The fraction of sp³-hybridized carbons (Fsp3) is 0.750. The average Bonchev–Trinajstić information content (AvgIpc) is 2.98. The minimum Gasteiger partial charge on any atom is -0.381 e. The van der Waals surface area contributed by atoms with Crippen LogP contribution in [0.5, 0.6) is 0 Å². The van der Waals surface area contributed by atoms with Crippen molar-refractivity contribution in [3.63, 3.8) is 0 Å². The second-order valence-corrected chi connectivity index (χ2v) is 6.87. The van der Waals surface area contributed by atoms with Gasteiger partial charge in [-0.1, -0.05) is 0 Å². The van der Waals surface area contributed by atoms with Gasteiger partial charge in [-0.05, 0) is 48.6 Å². The fourth-order valence-corrected chi connectivity index (χ4v) is 4.33. The summed E-state index contributed by atoms with van der Waals surface area (Å²) in [5.41, 5.74) is 1.67. The van der Waals surface area contributed by atoms with Gasteiger partial charge in [0.05, 0.1) is 12.7 Å². The number of hydrogen-bond donors (Lipinski definition) is 0. The molecular weight excluding hydrogens is 270 g/mol. The molecule has 112 valence electrons. The molecule has 1 aromatic rings. The van der Waals surface area contributed by atoms with Gasteiger partial charge < -0.3 is 9.47 Å². The summed E-state index contributed by atoms with van der Waals surface area (Å²) in [6.07, 6.45) is 3.98. The first-order valence-electron chi connectivity index (χ1n) is 7.75. The smallest absolute Gasteiger partial charge is 0.0677 e. The van der Waals surface area contributed by atoms with Crippen LogP contribution in [0.1, 0.15) is 31.7 Å². The first kappa shape index (κ1) is 14.5. The zero-order valence-corrected chi connectivity index (χ0v) is 13.2. The molecule has 3 heterocycles. The number of hydrogen-bond acceptors (Lipinski definition) is 4. The van der Waals surface area contributed by atoms with Crippen molar-refractivity contribution in [1.82, 2.24) is 4.90 Å². The Kier molecular flexibility index (Phi) is 4.76. The van der Waals surface area contributed by atoms with Crippen molar-refractivity contribution in [2.24, 2.45) is 5.41 Å². The molecule has 0 amide bonds. The molecule has 20 heavy (non-hydrogen) atoms. The summed E-state index contributed by atoms with van der Waals surface area (Å²) in [5, 5.41) is 4.43. The largest absolute Gasteiger partial charge is 0.381 e. The predicted octanol–water partition coefficient (Wildman–Crippen LogP) is 3.16. The summed E-state index contributed by atoms with van der Waals surface area (Å²) in [4.78, 5) is 2.59. The van der Waals surface area contributed by atoms with Crippen molar-refractivity contribution in [3.05, 3.63) is 22.4 Å². The first-order chi connectivity index (χ1) is 9.82. The molecule has 0 N–H and O–H groups in total. The molecule has 0 unspecified atom stereocenters. The highest BCUT2D eigenvalue weighted by molar-refractivity contribution is 7.07. The summed E-state index contributed by atoms with van der Waals surface area (Å²) in [6, 6.07) is 2.24. The molecule has 0 bridgehead atoms. The molecule has 2 aliphatic heterocycles. The van der Waals surface area contributed by atoms with Crippen LogP contribution in [-0.4, -0.2) is 43.9 Å². The molecule has 2 fully saturated rings. The van der Waals surface area contributed by atoms with Crippen LogP contribution in [0.3, 0.4) is 0 Å². The number of likely N-dealkylation sites (tertiary alicyclic amines) is 1. The number of thiophene rings is 1. The summed E-state index contributed by atoms with van der Waals surface area (Å²) in [5.74, 6) is 0. The Balaban J connectivity index is 1.68. The van der Waals surface area contributed by atoms with E-state index in [0.29, 0.717) is 6.10 Å². The van der Waals surface area contributed by atoms with E-state index in [1.165, 1.54) is 18.4 Å². The monoisotopic (exact) mass is 295 g/mol. The van der Waals surface area contributed by atoms with E-state index >= 15 is 0 Å². The van der Waals surface area contributed by atoms with Crippen LogP contribution in [0.4, 0.5) is 0 Å². The lowest BCUT2D eigenvalue weighted by molar-refractivity contribution is -0.153. The normalized spacial score (nSPS) is 31.1. The third-order valence-corrected chi connectivity index (χ3v) is 5.38. The van der Waals surface area contributed by atoms with Gasteiger partial charge in [-0.2, -0.15) is 11.3 Å². The van der Waals surface area contributed by atoms with Gasteiger partial charge >= 0.3 is 0 Å². The first-order valence-corrected chi connectivity index (χ1v) is 8.69. The molecule has 3 nitrogen and oxygen atoms in total. The molecule has 2 atom stereocenters. The van der Waals surface area contributed by atoms with Crippen LogP contribution in [-0.2, 0) is 16.0 Å². The second-order valence-electron chi connectivity index (χ2n) is 6.09. The van der Waals surface area contributed by atoms with Crippen molar-refractivity contribution in [2.45, 2.75) is 38.8 Å². The Bertz CT molecular complexity index is 409. The lowest BCUT2D eigenvalue weighted by Gasteiger charge is -2.50. The molecule has 0 aliphatic carbocycles. The molecule has 0 saturated carbocycles. The molecule has 0 aromatic carbocycles. The molecule has 0 spiro atoms. The van der Waals surface area contributed by atoms with Gasteiger partial charge in [-0.25, -0.2) is 0 Å². The number of fused-ring (bicyclic) bond motifs is 1. The van der Waals surface area contributed by atoms with Crippen molar-refractivity contribution in [3.8, 4) is 0 Å².